The van der Waals surface area contributed by atoms with Crippen molar-refractivity contribution in [2.24, 2.45) is 0 Å². The van der Waals surface area contributed by atoms with E-state index in [1.807, 2.05) is 48.5 Å². The lowest BCUT2D eigenvalue weighted by Gasteiger charge is -2.13. The van der Waals surface area contributed by atoms with Crippen molar-refractivity contribution in [3.63, 3.8) is 0 Å². The molecule has 5 rings (SSSR count). The first-order valence-corrected chi connectivity index (χ1v) is 11.2. The van der Waals surface area contributed by atoms with Crippen molar-refractivity contribution < 1.29 is 14.3 Å². The molecule has 8 heteroatoms. The zero-order valence-electron chi connectivity index (χ0n) is 17.8. The van der Waals surface area contributed by atoms with E-state index in [2.05, 4.69) is 10.3 Å². The first kappa shape index (κ1) is 21.2. The number of rotatable bonds is 5. The van der Waals surface area contributed by atoms with Gasteiger partial charge in [-0.1, -0.05) is 41.1 Å². The number of fused-ring (bicyclic) bond motifs is 2. The largest absolute Gasteiger partial charge is 0.497 e. The summed E-state index contributed by atoms with van der Waals surface area (Å²) in [5.41, 5.74) is 3.35. The van der Waals surface area contributed by atoms with Gasteiger partial charge in [0.1, 0.15) is 11.5 Å². The Bertz CT molecular complexity index is 1520. The highest BCUT2D eigenvalue weighted by atomic mass is 35.5. The molecule has 0 unspecified atom stereocenters. The van der Waals surface area contributed by atoms with Crippen LogP contribution in [-0.2, 0) is 0 Å². The molecule has 0 aliphatic carbocycles. The number of para-hydroxylation sites is 1. The third-order valence-corrected chi connectivity index (χ3v) is 6.39. The van der Waals surface area contributed by atoms with Gasteiger partial charge < -0.3 is 9.47 Å². The van der Waals surface area contributed by atoms with Gasteiger partial charge in [0.25, 0.3) is 5.91 Å². The average Bonchev–Trinajstić information content (AvgIpc) is 3.24. The lowest BCUT2D eigenvalue weighted by Crippen LogP contribution is -2.13. The molecule has 0 saturated heterocycles. The van der Waals surface area contributed by atoms with Crippen LogP contribution in [0.15, 0.2) is 66.7 Å². The van der Waals surface area contributed by atoms with E-state index in [-0.39, 0.29) is 5.91 Å². The Labute approximate surface area is 198 Å². The lowest BCUT2D eigenvalue weighted by atomic mass is 10.0. The van der Waals surface area contributed by atoms with Crippen LogP contribution in [0.25, 0.3) is 32.4 Å². The number of aromatic nitrogens is 2. The third-order valence-electron chi connectivity index (χ3n) is 5.22. The maximum atomic E-state index is 13.4. The van der Waals surface area contributed by atoms with E-state index >= 15 is 0 Å². The van der Waals surface area contributed by atoms with Crippen LogP contribution in [0.4, 0.5) is 5.13 Å². The van der Waals surface area contributed by atoms with Gasteiger partial charge >= 0.3 is 0 Å². The molecule has 5 aromatic rings. The fourth-order valence-electron chi connectivity index (χ4n) is 3.63. The molecule has 0 saturated carbocycles. The Balaban J connectivity index is 1.59. The standard InChI is InChI=1S/C25H18ClN3O3S/c1-31-15-8-9-17(22(12-15)32-2)21-13-18(16-5-3-4-6-19(16)27-21)24(30)29-25-28-20-10-7-14(26)11-23(20)33-25/h3-13H,1-2H3,(H,28,29,30). The number of amides is 1. The van der Waals surface area contributed by atoms with Gasteiger partial charge in [0.15, 0.2) is 5.13 Å². The van der Waals surface area contributed by atoms with Crippen LogP contribution in [0, 0.1) is 0 Å². The molecule has 0 fully saturated rings. The molecule has 0 aliphatic rings. The molecule has 0 radical (unpaired) electrons. The molecule has 3 aromatic carbocycles. The summed E-state index contributed by atoms with van der Waals surface area (Å²) in [5.74, 6) is 1.00. The van der Waals surface area contributed by atoms with Crippen LogP contribution in [0.1, 0.15) is 10.4 Å². The second-order valence-corrected chi connectivity index (χ2v) is 8.69. The minimum Gasteiger partial charge on any atom is -0.497 e. The Hall–Kier alpha value is -3.68. The molecule has 6 nitrogen and oxygen atoms in total. The molecule has 164 valence electrons. The highest BCUT2D eigenvalue weighted by Crippen LogP contribution is 2.35. The normalized spacial score (nSPS) is 11.0. The molecule has 2 heterocycles. The number of hydrogen-bond acceptors (Lipinski definition) is 6. The Kier molecular flexibility index (Phi) is 5.58. The van der Waals surface area contributed by atoms with Gasteiger partial charge in [-0.2, -0.15) is 0 Å². The highest BCUT2D eigenvalue weighted by Gasteiger charge is 2.18. The number of nitrogens with one attached hydrogen (secondary N) is 1. The SMILES string of the molecule is COc1ccc(-c2cc(C(=O)Nc3nc4ccc(Cl)cc4s3)c3ccccc3n2)c(OC)c1. The van der Waals surface area contributed by atoms with Crippen LogP contribution in [-0.4, -0.2) is 30.1 Å². The molecule has 0 atom stereocenters. The molecule has 0 bridgehead atoms. The number of carbonyl (C=O) groups excluding carboxylic acids is 1. The van der Waals surface area contributed by atoms with E-state index in [0.29, 0.717) is 38.4 Å². The minimum absolute atomic E-state index is 0.271. The second-order valence-electron chi connectivity index (χ2n) is 7.22. The molecule has 33 heavy (non-hydrogen) atoms. The number of nitrogens with zero attached hydrogens (tertiary/aromatic N) is 2. The lowest BCUT2D eigenvalue weighted by molar-refractivity contribution is 0.102. The van der Waals surface area contributed by atoms with Gasteiger partial charge in [0, 0.05) is 22.0 Å². The predicted octanol–water partition coefficient (Wildman–Crippen LogP) is 6.43. The van der Waals surface area contributed by atoms with Crippen molar-refractivity contribution in [2.75, 3.05) is 19.5 Å². The maximum absolute atomic E-state index is 13.4. The summed E-state index contributed by atoms with van der Waals surface area (Å²) >= 11 is 7.45. The number of thiazole rings is 1. The zero-order valence-corrected chi connectivity index (χ0v) is 19.3. The number of benzene rings is 3. The Morgan fingerprint density at radius 2 is 1.79 bits per heavy atom. The molecular formula is C25H18ClN3O3S. The summed E-state index contributed by atoms with van der Waals surface area (Å²) < 4.78 is 11.8. The molecule has 1 N–H and O–H groups in total. The minimum atomic E-state index is -0.271. The van der Waals surface area contributed by atoms with E-state index in [1.165, 1.54) is 11.3 Å². The predicted molar refractivity (Wildman–Crippen MR) is 133 cm³/mol. The van der Waals surface area contributed by atoms with Crippen molar-refractivity contribution in [1.82, 2.24) is 9.97 Å². The first-order valence-electron chi connectivity index (χ1n) is 10.1. The number of hydrogen-bond donors (Lipinski definition) is 1. The Morgan fingerprint density at radius 3 is 2.61 bits per heavy atom. The van der Waals surface area contributed by atoms with Crippen molar-refractivity contribution in [3.8, 4) is 22.8 Å². The number of carbonyl (C=O) groups is 1. The number of halogens is 1. The summed E-state index contributed by atoms with van der Waals surface area (Å²) in [6.45, 7) is 0. The van der Waals surface area contributed by atoms with Crippen LogP contribution in [0.2, 0.25) is 5.02 Å². The van der Waals surface area contributed by atoms with E-state index in [1.54, 1.807) is 32.4 Å². The first-order chi connectivity index (χ1) is 16.1. The summed E-state index contributed by atoms with van der Waals surface area (Å²) in [6.07, 6.45) is 0. The zero-order chi connectivity index (χ0) is 22.9. The molecule has 0 spiro atoms. The fourth-order valence-corrected chi connectivity index (χ4v) is 4.76. The van der Waals surface area contributed by atoms with Crippen molar-refractivity contribution in [1.29, 1.82) is 0 Å². The van der Waals surface area contributed by atoms with E-state index in [4.69, 9.17) is 26.1 Å². The number of methoxy groups -OCH3 is 2. The van der Waals surface area contributed by atoms with E-state index in [9.17, 15) is 4.79 Å². The van der Waals surface area contributed by atoms with Gasteiger partial charge in [-0.15, -0.1) is 0 Å². The van der Waals surface area contributed by atoms with Gasteiger partial charge in [0.2, 0.25) is 0 Å². The smallest absolute Gasteiger partial charge is 0.258 e. The number of anilines is 1. The maximum Gasteiger partial charge on any atom is 0.258 e. The Morgan fingerprint density at radius 1 is 0.939 bits per heavy atom. The quantitative estimate of drug-likeness (QED) is 0.317. The summed E-state index contributed by atoms with van der Waals surface area (Å²) in [5, 5.41) is 4.81. The summed E-state index contributed by atoms with van der Waals surface area (Å²) in [7, 11) is 3.19. The summed E-state index contributed by atoms with van der Waals surface area (Å²) in [6, 6.07) is 20.2. The van der Waals surface area contributed by atoms with Gasteiger partial charge in [-0.25, -0.2) is 9.97 Å². The van der Waals surface area contributed by atoms with Crippen LogP contribution >= 0.6 is 22.9 Å². The van der Waals surface area contributed by atoms with Crippen LogP contribution in [0.5, 0.6) is 11.5 Å². The van der Waals surface area contributed by atoms with Gasteiger partial charge in [-0.05, 0) is 42.5 Å². The van der Waals surface area contributed by atoms with Crippen LogP contribution < -0.4 is 14.8 Å². The topological polar surface area (TPSA) is 73.3 Å². The number of ether oxygens (including phenoxy) is 2. The fraction of sp³-hybridized carbons (Fsp3) is 0.0800. The third kappa shape index (κ3) is 4.08. The van der Waals surface area contributed by atoms with E-state index < -0.39 is 0 Å². The number of pyridine rings is 1. The summed E-state index contributed by atoms with van der Waals surface area (Å²) in [4.78, 5) is 22.6. The van der Waals surface area contributed by atoms with Gasteiger partial charge in [0.05, 0.1) is 41.2 Å². The average molecular weight is 476 g/mol. The van der Waals surface area contributed by atoms with Crippen molar-refractivity contribution >= 4 is 55.1 Å². The second kappa shape index (κ2) is 8.69. The molecule has 1 amide bonds. The van der Waals surface area contributed by atoms with Crippen molar-refractivity contribution in [2.45, 2.75) is 0 Å². The molecule has 2 aromatic heterocycles. The molecular weight excluding hydrogens is 458 g/mol. The van der Waals surface area contributed by atoms with Gasteiger partial charge in [-0.3, -0.25) is 10.1 Å². The van der Waals surface area contributed by atoms with Crippen molar-refractivity contribution in [3.05, 3.63) is 77.3 Å². The van der Waals surface area contributed by atoms with E-state index in [0.717, 1.165) is 21.2 Å². The highest BCUT2D eigenvalue weighted by molar-refractivity contribution is 7.22. The monoisotopic (exact) mass is 475 g/mol. The van der Waals surface area contributed by atoms with Crippen LogP contribution in [0.3, 0.4) is 0 Å². The molecule has 0 aliphatic heterocycles.